The summed E-state index contributed by atoms with van der Waals surface area (Å²) >= 11 is 0. The van der Waals surface area contributed by atoms with E-state index in [2.05, 4.69) is 24.3 Å². The molecule has 1 amide bonds. The highest BCUT2D eigenvalue weighted by Gasteiger charge is 2.36. The van der Waals surface area contributed by atoms with E-state index in [9.17, 15) is 9.18 Å². The van der Waals surface area contributed by atoms with Crippen LogP contribution in [0.5, 0.6) is 11.5 Å². The van der Waals surface area contributed by atoms with Crippen molar-refractivity contribution in [2.45, 2.75) is 39.2 Å². The number of carbonyl (C=O) groups excluding carboxylic acids is 1. The minimum absolute atomic E-state index is 0.0124. The van der Waals surface area contributed by atoms with Gasteiger partial charge in [-0.3, -0.25) is 4.79 Å². The number of rotatable bonds is 4. The van der Waals surface area contributed by atoms with Crippen molar-refractivity contribution in [3.8, 4) is 17.2 Å². The lowest BCUT2D eigenvalue weighted by Gasteiger charge is -2.36. The van der Waals surface area contributed by atoms with Crippen LogP contribution in [0, 0.1) is 11.2 Å². The molecule has 7 heteroatoms. The van der Waals surface area contributed by atoms with Gasteiger partial charge in [-0.05, 0) is 60.2 Å². The van der Waals surface area contributed by atoms with E-state index in [0.717, 1.165) is 35.3 Å². The third-order valence-electron chi connectivity index (χ3n) is 5.89. The van der Waals surface area contributed by atoms with Crippen molar-refractivity contribution in [1.29, 1.82) is 0 Å². The van der Waals surface area contributed by atoms with Crippen LogP contribution >= 0.6 is 0 Å². The lowest BCUT2D eigenvalue weighted by Crippen LogP contribution is -2.37. The first-order valence-electron chi connectivity index (χ1n) is 10.4. The highest BCUT2D eigenvalue weighted by atomic mass is 19.1. The van der Waals surface area contributed by atoms with Crippen molar-refractivity contribution in [1.82, 2.24) is 15.1 Å². The molecule has 0 fully saturated rings. The molecule has 31 heavy (non-hydrogen) atoms. The van der Waals surface area contributed by atoms with E-state index in [-0.39, 0.29) is 36.4 Å². The first kappa shape index (κ1) is 19.6. The molecule has 2 aliphatic rings. The minimum Gasteiger partial charge on any atom is -0.454 e. The molecule has 0 unspecified atom stereocenters. The van der Waals surface area contributed by atoms with Crippen LogP contribution in [0.3, 0.4) is 0 Å². The van der Waals surface area contributed by atoms with Crippen molar-refractivity contribution < 1.29 is 18.7 Å². The fourth-order valence-corrected chi connectivity index (χ4v) is 4.46. The van der Waals surface area contributed by atoms with Crippen LogP contribution in [0.1, 0.15) is 43.1 Å². The Kier molecular flexibility index (Phi) is 4.68. The van der Waals surface area contributed by atoms with Gasteiger partial charge in [0.1, 0.15) is 5.82 Å². The van der Waals surface area contributed by atoms with Gasteiger partial charge in [0.25, 0.3) is 0 Å². The number of hydrogen-bond acceptors (Lipinski definition) is 4. The fourth-order valence-electron chi connectivity index (χ4n) is 4.46. The van der Waals surface area contributed by atoms with E-state index in [0.29, 0.717) is 11.5 Å². The van der Waals surface area contributed by atoms with Gasteiger partial charge in [-0.15, -0.1) is 0 Å². The van der Waals surface area contributed by atoms with Crippen molar-refractivity contribution in [3.63, 3.8) is 0 Å². The van der Waals surface area contributed by atoms with E-state index < -0.39 is 0 Å². The van der Waals surface area contributed by atoms with E-state index in [1.807, 2.05) is 29.1 Å². The number of aromatic nitrogens is 2. The molecule has 0 saturated carbocycles. The summed E-state index contributed by atoms with van der Waals surface area (Å²) in [5, 5.41) is 7.75. The largest absolute Gasteiger partial charge is 0.454 e. The van der Waals surface area contributed by atoms with E-state index in [1.54, 1.807) is 12.1 Å². The summed E-state index contributed by atoms with van der Waals surface area (Å²) in [6.07, 6.45) is 3.73. The molecule has 0 bridgehead atoms. The number of amides is 1. The van der Waals surface area contributed by atoms with Crippen LogP contribution in [0.4, 0.5) is 4.39 Å². The Hall–Kier alpha value is -3.35. The number of benzene rings is 2. The maximum absolute atomic E-state index is 13.4. The zero-order valence-electron chi connectivity index (χ0n) is 17.5. The van der Waals surface area contributed by atoms with Gasteiger partial charge in [0.15, 0.2) is 11.5 Å². The van der Waals surface area contributed by atoms with E-state index >= 15 is 0 Å². The molecule has 1 atom stereocenters. The third-order valence-corrected chi connectivity index (χ3v) is 5.89. The molecule has 0 spiro atoms. The number of carbonyl (C=O) groups is 1. The van der Waals surface area contributed by atoms with Crippen LogP contribution < -0.4 is 14.8 Å². The highest BCUT2D eigenvalue weighted by Crippen LogP contribution is 2.41. The average Bonchev–Trinajstić information content (AvgIpc) is 3.34. The molecule has 2 heterocycles. The summed E-state index contributed by atoms with van der Waals surface area (Å²) < 4.78 is 26.0. The predicted molar refractivity (Wildman–Crippen MR) is 113 cm³/mol. The Bertz CT molecular complexity index is 1140. The predicted octanol–water partition coefficient (Wildman–Crippen LogP) is 4.11. The summed E-state index contributed by atoms with van der Waals surface area (Å²) in [7, 11) is 0. The molecular weight excluding hydrogens is 397 g/mol. The van der Waals surface area contributed by atoms with E-state index in [1.165, 1.54) is 12.1 Å². The summed E-state index contributed by atoms with van der Waals surface area (Å²) in [5.74, 6) is 1.05. The Labute approximate surface area is 180 Å². The van der Waals surface area contributed by atoms with Crippen LogP contribution in [-0.2, 0) is 17.6 Å². The zero-order valence-corrected chi connectivity index (χ0v) is 17.5. The lowest BCUT2D eigenvalue weighted by molar-refractivity contribution is -0.121. The van der Waals surface area contributed by atoms with Gasteiger partial charge < -0.3 is 14.8 Å². The van der Waals surface area contributed by atoms with Crippen molar-refractivity contribution in [3.05, 3.63) is 71.3 Å². The van der Waals surface area contributed by atoms with Crippen LogP contribution in [0.2, 0.25) is 0 Å². The molecular formula is C24H24FN3O3. The van der Waals surface area contributed by atoms with Crippen molar-refractivity contribution in [2.75, 3.05) is 6.79 Å². The number of nitrogens with one attached hydrogen (secondary N) is 1. The molecule has 1 N–H and O–H groups in total. The van der Waals surface area contributed by atoms with Gasteiger partial charge in [-0.1, -0.05) is 19.9 Å². The Morgan fingerprint density at radius 2 is 1.97 bits per heavy atom. The standard InChI is InChI=1S/C24H24FN3O3/c1-24(2)11-19(27-23(29)10-15-3-8-21-22(9-15)31-14-30-21)18-13-26-28(20(18)12-24)17-6-4-16(25)5-7-17/h3-9,13,19H,10-12,14H2,1-2H3,(H,27,29)/t19-/m0/s1. The molecule has 6 nitrogen and oxygen atoms in total. The zero-order chi connectivity index (χ0) is 21.6. The van der Waals surface area contributed by atoms with Gasteiger partial charge >= 0.3 is 0 Å². The summed E-state index contributed by atoms with van der Waals surface area (Å²) in [6.45, 7) is 4.59. The smallest absolute Gasteiger partial charge is 0.231 e. The van der Waals surface area contributed by atoms with Crippen LogP contribution in [-0.4, -0.2) is 22.5 Å². The molecule has 1 aromatic heterocycles. The number of halogens is 1. The molecule has 3 aromatic rings. The summed E-state index contributed by atoms with van der Waals surface area (Å²) in [5.41, 5.74) is 3.74. The van der Waals surface area contributed by atoms with Gasteiger partial charge in [-0.25, -0.2) is 9.07 Å². The Morgan fingerprint density at radius 3 is 2.77 bits per heavy atom. The molecule has 0 saturated heterocycles. The van der Waals surface area contributed by atoms with Gasteiger partial charge in [0.2, 0.25) is 12.7 Å². The quantitative estimate of drug-likeness (QED) is 0.689. The van der Waals surface area contributed by atoms with Crippen molar-refractivity contribution >= 4 is 5.91 Å². The normalized spacial score (nSPS) is 18.5. The Balaban J connectivity index is 1.37. The van der Waals surface area contributed by atoms with Gasteiger partial charge in [-0.2, -0.15) is 5.10 Å². The average molecular weight is 421 g/mol. The number of ether oxygens (including phenoxy) is 2. The maximum atomic E-state index is 13.4. The molecule has 1 aliphatic heterocycles. The SMILES string of the molecule is CC1(C)Cc2c(cnn2-c2ccc(F)cc2)[C@@H](NC(=O)Cc2ccc3c(c2)OCO3)C1. The fraction of sp³-hybridized carbons (Fsp3) is 0.333. The van der Waals surface area contributed by atoms with Gasteiger partial charge in [0, 0.05) is 5.56 Å². The molecule has 5 rings (SSSR count). The third kappa shape index (κ3) is 3.87. The minimum atomic E-state index is -0.279. The highest BCUT2D eigenvalue weighted by molar-refractivity contribution is 5.79. The van der Waals surface area contributed by atoms with Crippen LogP contribution in [0.25, 0.3) is 5.69 Å². The van der Waals surface area contributed by atoms with Crippen molar-refractivity contribution in [2.24, 2.45) is 5.41 Å². The number of nitrogens with zero attached hydrogens (tertiary/aromatic N) is 2. The number of hydrogen-bond donors (Lipinski definition) is 1. The lowest BCUT2D eigenvalue weighted by atomic mass is 9.74. The second kappa shape index (κ2) is 7.41. The monoisotopic (exact) mass is 421 g/mol. The van der Waals surface area contributed by atoms with Gasteiger partial charge in [0.05, 0.1) is 30.0 Å². The first-order valence-corrected chi connectivity index (χ1v) is 10.4. The number of fused-ring (bicyclic) bond motifs is 2. The first-order chi connectivity index (χ1) is 14.9. The van der Waals surface area contributed by atoms with E-state index in [4.69, 9.17) is 9.47 Å². The topological polar surface area (TPSA) is 65.4 Å². The summed E-state index contributed by atoms with van der Waals surface area (Å²) in [4.78, 5) is 12.9. The summed E-state index contributed by atoms with van der Waals surface area (Å²) in [6, 6.07) is 11.7. The second-order valence-corrected chi connectivity index (χ2v) is 8.96. The maximum Gasteiger partial charge on any atom is 0.231 e. The van der Waals surface area contributed by atoms with Crippen LogP contribution in [0.15, 0.2) is 48.7 Å². The Morgan fingerprint density at radius 1 is 1.19 bits per heavy atom. The molecule has 0 radical (unpaired) electrons. The molecule has 2 aromatic carbocycles. The molecule has 1 aliphatic carbocycles. The second-order valence-electron chi connectivity index (χ2n) is 8.96. The molecule has 160 valence electrons.